The molecule has 69 heavy (non-hydrogen) atoms. The normalized spacial score (nSPS) is 12.5. The number of alkyl carbamates (subject to hydrolysis) is 1. The maximum atomic E-state index is 13.3. The van der Waals surface area contributed by atoms with E-state index in [1.165, 1.54) is 167 Å². The first kappa shape index (κ1) is 66.1. The van der Waals surface area contributed by atoms with Crippen LogP contribution >= 0.6 is 0 Å². The van der Waals surface area contributed by atoms with Gasteiger partial charge in [0, 0.05) is 24.9 Å². The summed E-state index contributed by atoms with van der Waals surface area (Å²) in [7, 11) is 4.07. The molecule has 0 atom stereocenters. The second-order valence-corrected chi connectivity index (χ2v) is 20.5. The molecule has 6 heteroatoms. The smallest absolute Gasteiger partial charge is 0.407 e. The number of hydrogen-bond donors (Lipinski definition) is 1. The molecule has 0 radical (unpaired) electrons. The minimum Gasteiger partial charge on any atom is -0.465 e. The van der Waals surface area contributed by atoms with E-state index in [2.05, 4.69) is 104 Å². The lowest BCUT2D eigenvalue weighted by atomic mass is 9.78. The van der Waals surface area contributed by atoms with E-state index in [1.807, 2.05) is 14.1 Å². The predicted molar refractivity (Wildman–Crippen MR) is 303 cm³/mol. The zero-order valence-electron chi connectivity index (χ0n) is 46.4. The summed E-state index contributed by atoms with van der Waals surface area (Å²) in [4.78, 5) is 28.4. The summed E-state index contributed by atoms with van der Waals surface area (Å²) < 4.78 is 11.8. The SMILES string of the molecule is CCCCCC=CC/C=C\CCCCCCCC(=O)OCC(CCCCCCCC/C=C\C/C=C\CCCCC)(CCCCCCCC/C=C\C/C=C\CCCCC)CNC(=O)OCCCN(C)C. The molecule has 0 aromatic rings. The highest BCUT2D eigenvalue weighted by atomic mass is 16.5. The largest absolute Gasteiger partial charge is 0.465 e. The van der Waals surface area contributed by atoms with Gasteiger partial charge in [-0.25, -0.2) is 4.79 Å². The maximum absolute atomic E-state index is 13.3. The molecule has 0 fully saturated rings. The first-order valence-electron chi connectivity index (χ1n) is 29.5. The van der Waals surface area contributed by atoms with Crippen molar-refractivity contribution in [1.29, 1.82) is 0 Å². The third-order valence-corrected chi connectivity index (χ3v) is 13.3. The Hall–Kier alpha value is -2.86. The van der Waals surface area contributed by atoms with Crippen molar-refractivity contribution >= 4 is 12.1 Å². The summed E-state index contributed by atoms with van der Waals surface area (Å²) >= 11 is 0. The van der Waals surface area contributed by atoms with Crippen molar-refractivity contribution in [3.8, 4) is 0 Å². The summed E-state index contributed by atoms with van der Waals surface area (Å²) in [5.41, 5.74) is -0.291. The minimum atomic E-state index is -0.358. The predicted octanol–water partition coefficient (Wildman–Crippen LogP) is 19.4. The van der Waals surface area contributed by atoms with Crippen LogP contribution in [0.1, 0.15) is 271 Å². The Labute approximate surface area is 429 Å². The summed E-state index contributed by atoms with van der Waals surface area (Å²) in [6, 6.07) is 0. The van der Waals surface area contributed by atoms with Crippen molar-refractivity contribution in [2.75, 3.05) is 40.4 Å². The quantitative estimate of drug-likeness (QED) is 0.0374. The molecule has 0 aliphatic heterocycles. The van der Waals surface area contributed by atoms with E-state index in [9.17, 15) is 9.59 Å². The van der Waals surface area contributed by atoms with Gasteiger partial charge in [-0.2, -0.15) is 0 Å². The van der Waals surface area contributed by atoms with Crippen LogP contribution in [0.25, 0.3) is 0 Å². The van der Waals surface area contributed by atoms with Crippen LogP contribution in [-0.2, 0) is 14.3 Å². The molecule has 0 aliphatic carbocycles. The van der Waals surface area contributed by atoms with Crippen LogP contribution in [0.15, 0.2) is 72.9 Å². The average Bonchev–Trinajstić information content (AvgIpc) is 3.34. The van der Waals surface area contributed by atoms with Crippen LogP contribution in [0.4, 0.5) is 4.79 Å². The number of ether oxygens (including phenoxy) is 2. The molecule has 6 nitrogen and oxygen atoms in total. The monoisotopic (exact) mass is 963 g/mol. The molecule has 0 bridgehead atoms. The lowest BCUT2D eigenvalue weighted by Crippen LogP contribution is -2.41. The molecule has 0 unspecified atom stereocenters. The molecule has 0 saturated heterocycles. The number of nitrogens with zero attached hydrogens (tertiary/aromatic N) is 1. The molecule has 0 aliphatic rings. The van der Waals surface area contributed by atoms with Gasteiger partial charge in [-0.3, -0.25) is 4.79 Å². The maximum Gasteiger partial charge on any atom is 0.407 e. The lowest BCUT2D eigenvalue weighted by Gasteiger charge is -2.34. The van der Waals surface area contributed by atoms with Gasteiger partial charge in [0.05, 0.1) is 13.2 Å². The van der Waals surface area contributed by atoms with Crippen LogP contribution in [0, 0.1) is 5.41 Å². The third-order valence-electron chi connectivity index (χ3n) is 13.3. The topological polar surface area (TPSA) is 67.9 Å². The van der Waals surface area contributed by atoms with Crippen LogP contribution in [0.5, 0.6) is 0 Å². The number of rotatable bonds is 52. The van der Waals surface area contributed by atoms with Gasteiger partial charge in [-0.15, -0.1) is 0 Å². The first-order valence-corrected chi connectivity index (χ1v) is 29.5. The molecule has 0 aromatic carbocycles. The van der Waals surface area contributed by atoms with Crippen molar-refractivity contribution in [1.82, 2.24) is 10.2 Å². The zero-order chi connectivity index (χ0) is 50.2. The minimum absolute atomic E-state index is 0.0922. The van der Waals surface area contributed by atoms with E-state index in [4.69, 9.17) is 9.47 Å². The summed E-state index contributed by atoms with van der Waals surface area (Å²) in [5.74, 6) is -0.0922. The first-order chi connectivity index (χ1) is 33.9. The zero-order valence-corrected chi connectivity index (χ0v) is 46.4. The number of nitrogens with one attached hydrogen (secondary N) is 1. The Bertz CT molecular complexity index is 1230. The fraction of sp³-hybridized carbons (Fsp3) is 0.778. The summed E-state index contributed by atoms with van der Waals surface area (Å²) in [6.07, 6.45) is 72.7. The Balaban J connectivity index is 5.20. The van der Waals surface area contributed by atoms with E-state index in [-0.39, 0.29) is 17.5 Å². The molecule has 400 valence electrons. The Kier molecular flexibility index (Phi) is 52.2. The Morgan fingerprint density at radius 1 is 0.420 bits per heavy atom. The molecular formula is C63H114N2O4. The van der Waals surface area contributed by atoms with Crippen molar-refractivity contribution in [2.45, 2.75) is 271 Å². The van der Waals surface area contributed by atoms with E-state index in [0.29, 0.717) is 26.2 Å². The van der Waals surface area contributed by atoms with Crippen LogP contribution in [-0.4, -0.2) is 57.4 Å². The second-order valence-electron chi connectivity index (χ2n) is 20.5. The van der Waals surface area contributed by atoms with Crippen molar-refractivity contribution < 1.29 is 19.1 Å². The number of unbranched alkanes of at least 4 members (excludes halogenated alkanes) is 26. The molecule has 1 N–H and O–H groups in total. The molecule has 0 spiro atoms. The summed E-state index contributed by atoms with van der Waals surface area (Å²) in [6.45, 7) is 8.90. The van der Waals surface area contributed by atoms with Crippen molar-refractivity contribution in [3.05, 3.63) is 72.9 Å². The summed E-state index contributed by atoms with van der Waals surface area (Å²) in [5, 5.41) is 3.15. The van der Waals surface area contributed by atoms with Crippen LogP contribution in [0.2, 0.25) is 0 Å². The highest BCUT2D eigenvalue weighted by Gasteiger charge is 2.32. The van der Waals surface area contributed by atoms with Gasteiger partial charge in [-0.05, 0) is 136 Å². The van der Waals surface area contributed by atoms with E-state index in [0.717, 1.165) is 83.6 Å². The molecule has 0 saturated carbocycles. The van der Waals surface area contributed by atoms with Gasteiger partial charge in [-0.1, -0.05) is 216 Å². The lowest BCUT2D eigenvalue weighted by molar-refractivity contribution is -0.147. The third kappa shape index (κ3) is 51.3. The molecule has 0 heterocycles. The fourth-order valence-electron chi connectivity index (χ4n) is 8.72. The van der Waals surface area contributed by atoms with Gasteiger partial charge >= 0.3 is 12.1 Å². The van der Waals surface area contributed by atoms with Gasteiger partial charge in [0.1, 0.15) is 0 Å². The average molecular weight is 964 g/mol. The van der Waals surface area contributed by atoms with Crippen molar-refractivity contribution in [2.24, 2.45) is 5.41 Å². The van der Waals surface area contributed by atoms with Gasteiger partial charge < -0.3 is 19.7 Å². The van der Waals surface area contributed by atoms with E-state index in [1.54, 1.807) is 0 Å². The Morgan fingerprint density at radius 2 is 0.768 bits per heavy atom. The number of carbonyl (C=O) groups is 2. The van der Waals surface area contributed by atoms with Gasteiger partial charge in [0.2, 0.25) is 0 Å². The fourth-order valence-corrected chi connectivity index (χ4v) is 8.72. The second kappa shape index (κ2) is 54.5. The van der Waals surface area contributed by atoms with Crippen molar-refractivity contribution in [3.63, 3.8) is 0 Å². The highest BCUT2D eigenvalue weighted by molar-refractivity contribution is 5.69. The van der Waals surface area contributed by atoms with Gasteiger partial charge in [0.15, 0.2) is 0 Å². The van der Waals surface area contributed by atoms with E-state index < -0.39 is 0 Å². The van der Waals surface area contributed by atoms with E-state index >= 15 is 0 Å². The van der Waals surface area contributed by atoms with Crippen LogP contribution < -0.4 is 5.32 Å². The molecule has 1 amide bonds. The van der Waals surface area contributed by atoms with Gasteiger partial charge in [0.25, 0.3) is 0 Å². The highest BCUT2D eigenvalue weighted by Crippen LogP contribution is 2.33. The standard InChI is InChI=1S/C63H114N2O4/c1-6-9-12-15-18-21-24-27-30-33-36-39-42-45-48-51-55-63(59-64-62(67)68-58-53-57-65(4)5,56-52-49-46-43-40-37-34-31-28-25-22-19-16-13-10-7-2)60-69-61(66)54-50-47-44-41-38-35-32-29-26-23-20-17-14-11-8-3/h18-23,27-32H,6-17,24-26,33-60H2,1-5H3,(H,64,67)/b21-18-,22-19-,23-20?,30-27-,31-28-,32-29-. The molecule has 0 aromatic heterocycles. The molecular weight excluding hydrogens is 849 g/mol. The van der Waals surface area contributed by atoms with Crippen LogP contribution in [0.3, 0.4) is 0 Å². The molecule has 0 rings (SSSR count). The number of allylic oxidation sites excluding steroid dienone is 12. The number of hydrogen-bond acceptors (Lipinski definition) is 5. The number of amides is 1. The number of carbonyl (C=O) groups excluding carboxylic acids is 2. The number of esters is 1. The Morgan fingerprint density at radius 3 is 1.14 bits per heavy atom.